The molecule has 2 amide bonds. The van der Waals surface area contributed by atoms with Gasteiger partial charge < -0.3 is 15.6 Å². The molecule has 116 valence electrons. The lowest BCUT2D eigenvalue weighted by molar-refractivity contribution is -0.116. The molecule has 0 fully saturated rings. The first-order chi connectivity index (χ1) is 11.1. The van der Waals surface area contributed by atoms with Gasteiger partial charge in [-0.05, 0) is 42.0 Å². The first kappa shape index (κ1) is 14.8. The van der Waals surface area contributed by atoms with Gasteiger partial charge in [0.2, 0.25) is 11.8 Å². The number of fused-ring (bicyclic) bond motifs is 1. The summed E-state index contributed by atoms with van der Waals surface area (Å²) in [6.07, 6.45) is 1.91. The van der Waals surface area contributed by atoms with E-state index in [0.29, 0.717) is 11.4 Å². The van der Waals surface area contributed by atoms with Gasteiger partial charge >= 0.3 is 0 Å². The van der Waals surface area contributed by atoms with Crippen LogP contribution in [0.1, 0.15) is 12.5 Å². The van der Waals surface area contributed by atoms with Crippen molar-refractivity contribution in [3.63, 3.8) is 0 Å². The van der Waals surface area contributed by atoms with E-state index in [4.69, 9.17) is 0 Å². The summed E-state index contributed by atoms with van der Waals surface area (Å²) in [5, 5.41) is 5.51. The van der Waals surface area contributed by atoms with Crippen LogP contribution >= 0.6 is 0 Å². The van der Waals surface area contributed by atoms with Gasteiger partial charge in [0.15, 0.2) is 0 Å². The van der Waals surface area contributed by atoms with E-state index in [0.717, 1.165) is 16.6 Å². The van der Waals surface area contributed by atoms with E-state index in [1.807, 2.05) is 18.2 Å². The molecule has 0 aliphatic rings. The van der Waals surface area contributed by atoms with Gasteiger partial charge in [0.05, 0.1) is 23.8 Å². The van der Waals surface area contributed by atoms with Crippen LogP contribution in [0, 0.1) is 0 Å². The van der Waals surface area contributed by atoms with Gasteiger partial charge in [0.1, 0.15) is 0 Å². The van der Waals surface area contributed by atoms with Crippen LogP contribution in [0.4, 0.5) is 11.4 Å². The quantitative estimate of drug-likeness (QED) is 0.692. The van der Waals surface area contributed by atoms with Gasteiger partial charge in [0.25, 0.3) is 0 Å². The second-order valence-electron chi connectivity index (χ2n) is 5.24. The molecule has 23 heavy (non-hydrogen) atoms. The third-order valence-electron chi connectivity index (χ3n) is 3.34. The molecule has 0 spiro atoms. The van der Waals surface area contributed by atoms with E-state index in [1.165, 1.54) is 6.92 Å². The van der Waals surface area contributed by atoms with Crippen molar-refractivity contribution in [3.05, 3.63) is 54.4 Å². The number of rotatable bonds is 4. The van der Waals surface area contributed by atoms with Crippen molar-refractivity contribution in [2.75, 3.05) is 10.6 Å². The lowest BCUT2D eigenvalue weighted by Crippen LogP contribution is -2.14. The molecule has 2 aromatic carbocycles. The van der Waals surface area contributed by atoms with E-state index in [2.05, 4.69) is 20.6 Å². The Hall–Kier alpha value is -3.15. The Morgan fingerprint density at radius 3 is 2.43 bits per heavy atom. The maximum absolute atomic E-state index is 12.1. The minimum absolute atomic E-state index is 0.101. The summed E-state index contributed by atoms with van der Waals surface area (Å²) in [5.74, 6) is -0.230. The van der Waals surface area contributed by atoms with E-state index >= 15 is 0 Å². The molecule has 0 aliphatic heterocycles. The fourth-order valence-electron chi connectivity index (χ4n) is 2.32. The van der Waals surface area contributed by atoms with E-state index < -0.39 is 0 Å². The molecule has 1 aromatic heterocycles. The van der Waals surface area contributed by atoms with Crippen molar-refractivity contribution >= 4 is 34.2 Å². The zero-order valence-corrected chi connectivity index (χ0v) is 12.6. The minimum atomic E-state index is -0.129. The molecular weight excluding hydrogens is 292 g/mol. The number of nitrogens with zero attached hydrogens (tertiary/aromatic N) is 1. The molecule has 3 rings (SSSR count). The fraction of sp³-hybridized carbons (Fsp3) is 0.118. The summed E-state index contributed by atoms with van der Waals surface area (Å²) in [4.78, 5) is 30.3. The molecule has 0 radical (unpaired) electrons. The van der Waals surface area contributed by atoms with Crippen LogP contribution in [0.25, 0.3) is 11.0 Å². The Balaban J connectivity index is 1.63. The van der Waals surface area contributed by atoms with Gasteiger partial charge in [-0.2, -0.15) is 0 Å². The zero-order chi connectivity index (χ0) is 16.2. The van der Waals surface area contributed by atoms with Crippen LogP contribution in [-0.2, 0) is 16.0 Å². The van der Waals surface area contributed by atoms with Crippen LogP contribution in [0.15, 0.2) is 48.8 Å². The molecule has 3 N–H and O–H groups in total. The average Bonchev–Trinajstić information content (AvgIpc) is 2.96. The SMILES string of the molecule is CC(=O)Nc1ccc(NC(=O)Cc2ccc3nc[nH]c3c2)cc1. The summed E-state index contributed by atoms with van der Waals surface area (Å²) in [7, 11) is 0. The van der Waals surface area contributed by atoms with Gasteiger partial charge in [-0.15, -0.1) is 0 Å². The number of hydrogen-bond acceptors (Lipinski definition) is 3. The number of anilines is 2. The smallest absolute Gasteiger partial charge is 0.228 e. The first-order valence-corrected chi connectivity index (χ1v) is 7.20. The summed E-state index contributed by atoms with van der Waals surface area (Å²) in [6, 6.07) is 12.7. The zero-order valence-electron chi connectivity index (χ0n) is 12.6. The van der Waals surface area contributed by atoms with Crippen LogP contribution in [0.3, 0.4) is 0 Å². The Kier molecular flexibility index (Phi) is 4.05. The van der Waals surface area contributed by atoms with E-state index in [9.17, 15) is 9.59 Å². The van der Waals surface area contributed by atoms with Crippen molar-refractivity contribution in [1.82, 2.24) is 9.97 Å². The highest BCUT2D eigenvalue weighted by atomic mass is 16.2. The maximum atomic E-state index is 12.1. The number of nitrogens with one attached hydrogen (secondary N) is 3. The summed E-state index contributed by atoms with van der Waals surface area (Å²) >= 11 is 0. The molecule has 0 saturated heterocycles. The van der Waals surface area contributed by atoms with Gasteiger partial charge in [-0.25, -0.2) is 4.98 Å². The molecule has 1 heterocycles. The molecular formula is C17H16N4O2. The Bertz CT molecular complexity index is 852. The number of imidazole rings is 1. The Morgan fingerprint density at radius 1 is 1.04 bits per heavy atom. The molecule has 0 bridgehead atoms. The first-order valence-electron chi connectivity index (χ1n) is 7.20. The summed E-state index contributed by atoms with van der Waals surface area (Å²) in [5.41, 5.74) is 4.08. The molecule has 6 heteroatoms. The lowest BCUT2D eigenvalue weighted by Gasteiger charge is -2.07. The number of aromatic nitrogens is 2. The van der Waals surface area contributed by atoms with Gasteiger partial charge in [0, 0.05) is 18.3 Å². The summed E-state index contributed by atoms with van der Waals surface area (Å²) < 4.78 is 0. The second kappa shape index (κ2) is 6.31. The number of carbonyl (C=O) groups is 2. The Labute approximate surface area is 132 Å². The van der Waals surface area contributed by atoms with Crippen molar-refractivity contribution in [1.29, 1.82) is 0 Å². The van der Waals surface area contributed by atoms with Gasteiger partial charge in [-0.3, -0.25) is 9.59 Å². The van der Waals surface area contributed by atoms with Gasteiger partial charge in [-0.1, -0.05) is 6.07 Å². The third kappa shape index (κ3) is 3.74. The monoisotopic (exact) mass is 308 g/mol. The van der Waals surface area contributed by atoms with E-state index in [1.54, 1.807) is 30.6 Å². The number of H-pyrrole nitrogens is 1. The van der Waals surface area contributed by atoms with Crippen LogP contribution in [0.2, 0.25) is 0 Å². The highest BCUT2D eigenvalue weighted by Gasteiger charge is 2.06. The van der Waals surface area contributed by atoms with Crippen molar-refractivity contribution in [2.45, 2.75) is 13.3 Å². The second-order valence-corrected chi connectivity index (χ2v) is 5.24. The van der Waals surface area contributed by atoms with Crippen LogP contribution in [-0.4, -0.2) is 21.8 Å². The van der Waals surface area contributed by atoms with Crippen molar-refractivity contribution in [2.24, 2.45) is 0 Å². The number of amides is 2. The molecule has 0 saturated carbocycles. The van der Waals surface area contributed by atoms with Crippen molar-refractivity contribution < 1.29 is 9.59 Å². The highest BCUT2D eigenvalue weighted by molar-refractivity contribution is 5.93. The van der Waals surface area contributed by atoms with Crippen LogP contribution < -0.4 is 10.6 Å². The van der Waals surface area contributed by atoms with Crippen LogP contribution in [0.5, 0.6) is 0 Å². The number of benzene rings is 2. The molecule has 0 atom stereocenters. The molecule has 0 aliphatic carbocycles. The number of carbonyl (C=O) groups excluding carboxylic acids is 2. The predicted molar refractivity (Wildman–Crippen MR) is 89.2 cm³/mol. The van der Waals surface area contributed by atoms with E-state index in [-0.39, 0.29) is 18.2 Å². The third-order valence-corrected chi connectivity index (χ3v) is 3.34. The standard InChI is InChI=1S/C17H16N4O2/c1-11(22)20-13-3-5-14(6-4-13)21-17(23)9-12-2-7-15-16(8-12)19-10-18-15/h2-8,10H,9H2,1H3,(H,18,19)(H,20,22)(H,21,23). The predicted octanol–water partition coefficient (Wildman–Crippen LogP) is 2.70. The molecule has 0 unspecified atom stereocenters. The van der Waals surface area contributed by atoms with Crippen molar-refractivity contribution in [3.8, 4) is 0 Å². The number of hydrogen-bond donors (Lipinski definition) is 3. The fourth-order valence-corrected chi connectivity index (χ4v) is 2.32. The number of aromatic amines is 1. The lowest BCUT2D eigenvalue weighted by atomic mass is 10.1. The Morgan fingerprint density at radius 2 is 1.74 bits per heavy atom. The molecule has 6 nitrogen and oxygen atoms in total. The average molecular weight is 308 g/mol. The molecule has 3 aromatic rings. The largest absolute Gasteiger partial charge is 0.345 e. The normalized spacial score (nSPS) is 10.5. The topological polar surface area (TPSA) is 86.9 Å². The maximum Gasteiger partial charge on any atom is 0.228 e. The summed E-state index contributed by atoms with van der Waals surface area (Å²) in [6.45, 7) is 1.45. The highest BCUT2D eigenvalue weighted by Crippen LogP contribution is 2.15. The minimum Gasteiger partial charge on any atom is -0.345 e.